The number of aliphatic imine (C=N–C) groups is 1. The fourth-order valence-corrected chi connectivity index (χ4v) is 3.78. The van der Waals surface area contributed by atoms with E-state index in [0.717, 1.165) is 67.6 Å². The molecule has 0 unspecified atom stereocenters. The summed E-state index contributed by atoms with van der Waals surface area (Å²) in [4.78, 5) is 18.5. The average Bonchev–Trinajstić information content (AvgIpc) is 2.99. The topological polar surface area (TPSA) is 87.4 Å². The van der Waals surface area contributed by atoms with Gasteiger partial charge < -0.3 is 20.1 Å². The van der Waals surface area contributed by atoms with E-state index in [0.29, 0.717) is 6.54 Å². The molecule has 8 nitrogen and oxygen atoms in total. The molecule has 0 saturated heterocycles. The number of hydrogen-bond acceptors (Lipinski definition) is 4. The Hall–Kier alpha value is -2.90. The van der Waals surface area contributed by atoms with Gasteiger partial charge in [-0.05, 0) is 43.9 Å². The number of amides is 1. The highest BCUT2D eigenvalue weighted by Gasteiger charge is 2.14. The summed E-state index contributed by atoms with van der Waals surface area (Å²) < 4.78 is 2.28. The third-order valence-electron chi connectivity index (χ3n) is 5.42. The molecule has 31 heavy (non-hydrogen) atoms. The van der Waals surface area contributed by atoms with Crippen molar-refractivity contribution in [3.05, 3.63) is 47.0 Å². The lowest BCUT2D eigenvalue weighted by atomic mass is 10.1. The zero-order valence-electron chi connectivity index (χ0n) is 19.0. The van der Waals surface area contributed by atoms with Crippen molar-refractivity contribution < 1.29 is 4.79 Å². The van der Waals surface area contributed by atoms with Gasteiger partial charge in [-0.3, -0.25) is 9.79 Å². The van der Waals surface area contributed by atoms with Gasteiger partial charge >= 0.3 is 0 Å². The summed E-state index contributed by atoms with van der Waals surface area (Å²) in [5.41, 5.74) is 1.85. The normalized spacial score (nSPS) is 14.0. The largest absolute Gasteiger partial charge is 0.357 e. The fraction of sp³-hybridized carbons (Fsp3) is 0.565. The lowest BCUT2D eigenvalue weighted by molar-refractivity contribution is 0.0827. The zero-order valence-corrected chi connectivity index (χ0v) is 19.0. The van der Waals surface area contributed by atoms with Crippen molar-refractivity contribution in [3.8, 4) is 0 Å². The quantitative estimate of drug-likeness (QED) is 0.499. The molecule has 3 rings (SSSR count). The molecule has 1 aromatic heterocycles. The smallest absolute Gasteiger partial charge is 0.253 e. The van der Waals surface area contributed by atoms with Gasteiger partial charge in [0.1, 0.15) is 11.6 Å². The Kier molecular flexibility index (Phi) is 8.44. The van der Waals surface area contributed by atoms with Crippen LogP contribution < -0.4 is 10.6 Å². The molecule has 0 atom stereocenters. The SMILES string of the molecule is CCNC(=NCCc1nnc2n1CCCCC2)NCCc1cccc(C(=O)N(C)C)c1. The van der Waals surface area contributed by atoms with Crippen LogP contribution in [-0.2, 0) is 25.8 Å². The number of aryl methyl sites for hydroxylation is 1. The maximum Gasteiger partial charge on any atom is 0.253 e. The first-order chi connectivity index (χ1) is 15.1. The summed E-state index contributed by atoms with van der Waals surface area (Å²) in [5, 5.41) is 15.5. The molecule has 1 aromatic carbocycles. The van der Waals surface area contributed by atoms with Gasteiger partial charge in [0.15, 0.2) is 5.96 Å². The first-order valence-corrected chi connectivity index (χ1v) is 11.3. The van der Waals surface area contributed by atoms with Crippen molar-refractivity contribution >= 4 is 11.9 Å². The number of rotatable bonds is 8. The van der Waals surface area contributed by atoms with E-state index in [4.69, 9.17) is 4.99 Å². The maximum absolute atomic E-state index is 12.2. The minimum atomic E-state index is 0.0242. The molecular weight excluding hydrogens is 390 g/mol. The number of benzene rings is 1. The second kappa shape index (κ2) is 11.5. The van der Waals surface area contributed by atoms with Crippen LogP contribution in [0.5, 0.6) is 0 Å². The van der Waals surface area contributed by atoms with Crippen LogP contribution in [0.15, 0.2) is 29.3 Å². The van der Waals surface area contributed by atoms with E-state index in [1.165, 1.54) is 19.3 Å². The van der Waals surface area contributed by atoms with Crippen molar-refractivity contribution in [1.82, 2.24) is 30.3 Å². The monoisotopic (exact) mass is 425 g/mol. The number of carbonyl (C=O) groups is 1. The molecule has 8 heteroatoms. The molecule has 168 valence electrons. The van der Waals surface area contributed by atoms with Crippen molar-refractivity contribution in [2.75, 3.05) is 33.7 Å². The molecule has 2 N–H and O–H groups in total. The van der Waals surface area contributed by atoms with Crippen molar-refractivity contribution in [3.63, 3.8) is 0 Å². The molecule has 0 radical (unpaired) electrons. The molecule has 0 aliphatic carbocycles. The maximum atomic E-state index is 12.2. The van der Waals surface area contributed by atoms with Crippen molar-refractivity contribution in [2.45, 2.75) is 52.0 Å². The van der Waals surface area contributed by atoms with Crippen LogP contribution in [0.2, 0.25) is 0 Å². The lowest BCUT2D eigenvalue weighted by Gasteiger charge is -2.13. The number of guanidine groups is 1. The van der Waals surface area contributed by atoms with E-state index >= 15 is 0 Å². The van der Waals surface area contributed by atoms with Gasteiger partial charge in [-0.1, -0.05) is 18.6 Å². The molecule has 0 bridgehead atoms. The van der Waals surface area contributed by atoms with Crippen molar-refractivity contribution in [2.24, 2.45) is 4.99 Å². The summed E-state index contributed by atoms with van der Waals surface area (Å²) in [7, 11) is 3.54. The minimum Gasteiger partial charge on any atom is -0.357 e. The van der Waals surface area contributed by atoms with Crippen LogP contribution in [0, 0.1) is 0 Å². The number of nitrogens with one attached hydrogen (secondary N) is 2. The van der Waals surface area contributed by atoms with Crippen molar-refractivity contribution in [1.29, 1.82) is 0 Å². The predicted octanol–water partition coefficient (Wildman–Crippen LogP) is 2.05. The molecule has 0 saturated carbocycles. The van der Waals surface area contributed by atoms with Gasteiger partial charge in [0.2, 0.25) is 0 Å². The summed E-state index contributed by atoms with van der Waals surface area (Å²) in [5.74, 6) is 2.99. The summed E-state index contributed by atoms with van der Waals surface area (Å²) in [6.07, 6.45) is 6.31. The third kappa shape index (κ3) is 6.54. The zero-order chi connectivity index (χ0) is 22.1. The number of fused-ring (bicyclic) bond motifs is 1. The number of hydrogen-bond donors (Lipinski definition) is 2. The second-order valence-corrected chi connectivity index (χ2v) is 8.08. The Morgan fingerprint density at radius 2 is 2.03 bits per heavy atom. The highest BCUT2D eigenvalue weighted by Crippen LogP contribution is 2.14. The molecule has 0 spiro atoms. The second-order valence-electron chi connectivity index (χ2n) is 8.08. The highest BCUT2D eigenvalue weighted by atomic mass is 16.2. The molecule has 2 heterocycles. The van der Waals surface area contributed by atoms with E-state index in [2.05, 4.69) is 38.4 Å². The first kappa shape index (κ1) is 22.8. The summed E-state index contributed by atoms with van der Waals surface area (Å²) in [6, 6.07) is 7.81. The summed E-state index contributed by atoms with van der Waals surface area (Å²) >= 11 is 0. The van der Waals surface area contributed by atoms with Gasteiger partial charge in [-0.2, -0.15) is 0 Å². The average molecular weight is 426 g/mol. The predicted molar refractivity (Wildman–Crippen MR) is 123 cm³/mol. The van der Waals surface area contributed by atoms with E-state index in [9.17, 15) is 4.79 Å². The van der Waals surface area contributed by atoms with Crippen LogP contribution >= 0.6 is 0 Å². The Morgan fingerprint density at radius 1 is 1.16 bits per heavy atom. The van der Waals surface area contributed by atoms with Gasteiger partial charge in [-0.25, -0.2) is 0 Å². The number of nitrogens with zero attached hydrogens (tertiary/aromatic N) is 5. The van der Waals surface area contributed by atoms with Crippen LogP contribution in [0.1, 0.15) is 53.8 Å². The van der Waals surface area contributed by atoms with E-state index in [1.54, 1.807) is 19.0 Å². The van der Waals surface area contributed by atoms with Crippen LogP contribution in [0.4, 0.5) is 0 Å². The van der Waals surface area contributed by atoms with Gasteiger partial charge in [0.25, 0.3) is 5.91 Å². The van der Waals surface area contributed by atoms with Gasteiger partial charge in [0, 0.05) is 58.7 Å². The molecular formula is C23H35N7O. The van der Waals surface area contributed by atoms with Crippen LogP contribution in [0.3, 0.4) is 0 Å². The third-order valence-corrected chi connectivity index (χ3v) is 5.42. The molecule has 0 fully saturated rings. The highest BCUT2D eigenvalue weighted by molar-refractivity contribution is 5.94. The Labute approximate surface area is 185 Å². The molecule has 1 aliphatic heterocycles. The Balaban J connectivity index is 1.52. The van der Waals surface area contributed by atoms with E-state index in [1.807, 2.05) is 18.2 Å². The fourth-order valence-electron chi connectivity index (χ4n) is 3.78. The van der Waals surface area contributed by atoms with Gasteiger partial charge in [0.05, 0.1) is 0 Å². The van der Waals surface area contributed by atoms with Gasteiger partial charge in [-0.15, -0.1) is 10.2 Å². The lowest BCUT2D eigenvalue weighted by Crippen LogP contribution is -2.38. The first-order valence-electron chi connectivity index (χ1n) is 11.3. The minimum absolute atomic E-state index is 0.0242. The number of carbonyl (C=O) groups excluding carboxylic acids is 1. The van der Waals surface area contributed by atoms with E-state index in [-0.39, 0.29) is 5.91 Å². The Bertz CT molecular complexity index is 888. The molecule has 2 aromatic rings. The molecule has 1 amide bonds. The summed E-state index contributed by atoms with van der Waals surface area (Å²) in [6.45, 7) is 5.30. The van der Waals surface area contributed by atoms with E-state index < -0.39 is 0 Å². The van der Waals surface area contributed by atoms with Crippen LogP contribution in [0.25, 0.3) is 0 Å². The van der Waals surface area contributed by atoms with Crippen LogP contribution in [-0.4, -0.2) is 65.3 Å². The Morgan fingerprint density at radius 3 is 2.84 bits per heavy atom. The number of aromatic nitrogens is 3. The standard InChI is InChI=1S/C23H35N7O/c1-4-24-23(25-14-12-18-9-8-10-19(17-18)22(31)29(2)3)26-15-13-21-28-27-20-11-6-5-7-16-30(20)21/h8-10,17H,4-7,11-16H2,1-3H3,(H2,24,25,26). The molecule has 1 aliphatic rings.